The quantitative estimate of drug-likeness (QED) is 0.221. The van der Waals surface area contributed by atoms with Crippen molar-refractivity contribution in [2.24, 2.45) is 0 Å². The summed E-state index contributed by atoms with van der Waals surface area (Å²) in [6.45, 7) is 9.74. The van der Waals surface area contributed by atoms with Gasteiger partial charge in [0.25, 0.3) is 0 Å². The van der Waals surface area contributed by atoms with Crippen LogP contribution in [0.2, 0.25) is 0 Å². The van der Waals surface area contributed by atoms with E-state index in [1.165, 1.54) is 0 Å². The minimum Gasteiger partial charge on any atom is -0.377 e. The average Bonchev–Trinajstić information content (AvgIpc) is 3.01. The number of sulfone groups is 1. The van der Waals surface area contributed by atoms with E-state index in [0.717, 1.165) is 11.3 Å². The maximum absolute atomic E-state index is 11.5. The normalized spacial score (nSPS) is 16.6. The van der Waals surface area contributed by atoms with Gasteiger partial charge in [-0.2, -0.15) is 0 Å². The van der Waals surface area contributed by atoms with Crippen LogP contribution in [0.4, 0.5) is 0 Å². The van der Waals surface area contributed by atoms with Crippen LogP contribution in [0.1, 0.15) is 12.6 Å². The second kappa shape index (κ2) is 11.4. The van der Waals surface area contributed by atoms with Crippen LogP contribution < -0.4 is 10.9 Å². The smallest absolute Gasteiger partial charge is 0.246 e. The number of nitrogens with zero attached hydrogens (tertiary/aromatic N) is 4. The molecule has 2 rings (SSSR count). The van der Waals surface area contributed by atoms with Crippen LogP contribution in [-0.2, 0) is 37.2 Å². The van der Waals surface area contributed by atoms with Crippen molar-refractivity contribution in [3.63, 3.8) is 0 Å². The molecule has 2 heterocycles. The third-order valence-electron chi connectivity index (χ3n) is 4.63. The summed E-state index contributed by atoms with van der Waals surface area (Å²) in [6, 6.07) is 0. The van der Waals surface area contributed by atoms with E-state index in [9.17, 15) is 13.2 Å². The van der Waals surface area contributed by atoms with E-state index in [2.05, 4.69) is 27.1 Å². The fourth-order valence-electron chi connectivity index (χ4n) is 2.74. The van der Waals surface area contributed by atoms with Crippen LogP contribution in [0, 0.1) is 0 Å². The molecule has 0 aromatic carbocycles. The molecule has 1 aromatic rings. The van der Waals surface area contributed by atoms with Gasteiger partial charge in [0.05, 0.1) is 50.2 Å². The van der Waals surface area contributed by atoms with Crippen molar-refractivity contribution >= 4 is 29.2 Å². The first-order valence-corrected chi connectivity index (χ1v) is 11.5. The first-order valence-electron chi connectivity index (χ1n) is 9.69. The van der Waals surface area contributed by atoms with Gasteiger partial charge in [0.15, 0.2) is 17.7 Å². The van der Waals surface area contributed by atoms with Gasteiger partial charge in [-0.15, -0.1) is 5.10 Å². The van der Waals surface area contributed by atoms with E-state index in [4.69, 9.17) is 9.47 Å². The lowest BCUT2D eigenvalue weighted by atomic mass is 10.0. The zero-order valence-electron chi connectivity index (χ0n) is 17.2. The maximum Gasteiger partial charge on any atom is 0.246 e. The Morgan fingerprint density at radius 3 is 2.52 bits per heavy atom. The fraction of sp³-hybridized carbons (Fsp3) is 0.706. The summed E-state index contributed by atoms with van der Waals surface area (Å²) in [5.41, 5.74) is 2.31. The van der Waals surface area contributed by atoms with Crippen LogP contribution in [0.25, 0.3) is 0 Å². The van der Waals surface area contributed by atoms with Crippen LogP contribution in [0.15, 0.2) is 12.2 Å². The van der Waals surface area contributed by atoms with Crippen LogP contribution in [0.3, 0.4) is 0 Å². The Hall–Kier alpha value is -1.76. The summed E-state index contributed by atoms with van der Waals surface area (Å²) in [5.74, 6) is 0.241. The minimum absolute atomic E-state index is 0.169. The Labute approximate surface area is 172 Å². The molecule has 1 fully saturated rings. The number of carbonyl (C=O) groups is 1. The Kier molecular flexibility index (Phi) is 9.28. The molecule has 1 aliphatic rings. The molecule has 0 aliphatic carbocycles. The molecule has 10 nitrogen and oxygen atoms in total. The van der Waals surface area contributed by atoms with Crippen molar-refractivity contribution in [2.45, 2.75) is 20.0 Å². The van der Waals surface area contributed by atoms with Crippen molar-refractivity contribution in [3.8, 4) is 0 Å². The monoisotopic (exact) mass is 427 g/mol. The molecule has 29 heavy (non-hydrogen) atoms. The summed E-state index contributed by atoms with van der Waals surface area (Å²) < 4.78 is 35.8. The number of amides is 1. The number of ether oxygens (including phenoxy) is 2. The number of aromatic nitrogens is 3. The molecule has 0 spiro atoms. The van der Waals surface area contributed by atoms with E-state index in [-0.39, 0.29) is 17.4 Å². The highest BCUT2D eigenvalue weighted by atomic mass is 32.2. The van der Waals surface area contributed by atoms with Gasteiger partial charge < -0.3 is 14.8 Å². The minimum atomic E-state index is -2.88. The zero-order chi connectivity index (χ0) is 21.3. The van der Waals surface area contributed by atoms with E-state index < -0.39 is 9.84 Å². The Balaban J connectivity index is 1.57. The Morgan fingerprint density at radius 2 is 1.86 bits per heavy atom. The number of hydrogen-bond donors (Lipinski definition) is 1. The molecule has 0 radical (unpaired) electrons. The van der Waals surface area contributed by atoms with Crippen LogP contribution >= 0.6 is 0 Å². The first kappa shape index (κ1) is 23.5. The maximum atomic E-state index is 11.5. The number of rotatable bonds is 12. The lowest BCUT2D eigenvalue weighted by molar-refractivity contribution is -0.117. The number of carbonyl (C=O) groups excluding carboxylic acids is 1. The van der Waals surface area contributed by atoms with E-state index in [0.29, 0.717) is 64.7 Å². The van der Waals surface area contributed by atoms with Gasteiger partial charge in [-0.1, -0.05) is 11.8 Å². The highest BCUT2D eigenvalue weighted by Gasteiger charge is 2.23. The summed E-state index contributed by atoms with van der Waals surface area (Å²) in [4.78, 5) is 13.4. The van der Waals surface area contributed by atoms with Crippen molar-refractivity contribution < 1.29 is 22.7 Å². The zero-order valence-corrected chi connectivity index (χ0v) is 18.0. The molecule has 0 saturated carbocycles. The van der Waals surface area contributed by atoms with Gasteiger partial charge in [0.1, 0.15) is 0 Å². The molecule has 0 atom stereocenters. The van der Waals surface area contributed by atoms with Gasteiger partial charge in [-0.3, -0.25) is 14.4 Å². The molecule has 162 valence electrons. The summed E-state index contributed by atoms with van der Waals surface area (Å²) in [6.07, 6.45) is 0. The van der Waals surface area contributed by atoms with E-state index >= 15 is 0 Å². The summed E-state index contributed by atoms with van der Waals surface area (Å²) >= 11 is 0. The molecule has 1 N–H and O–H groups in total. The van der Waals surface area contributed by atoms with Gasteiger partial charge in [0.2, 0.25) is 5.91 Å². The predicted octanol–water partition coefficient (Wildman–Crippen LogP) is -2.51. The van der Waals surface area contributed by atoms with Crippen molar-refractivity contribution in [1.29, 1.82) is 0 Å². The predicted molar refractivity (Wildman–Crippen MR) is 112 cm³/mol. The second-order valence-electron chi connectivity index (χ2n) is 7.03. The van der Waals surface area contributed by atoms with Crippen molar-refractivity contribution in [2.75, 3.05) is 57.6 Å². The Bertz CT molecular complexity index is 784. The lowest BCUT2D eigenvalue weighted by Crippen LogP contribution is -2.40. The van der Waals surface area contributed by atoms with Gasteiger partial charge in [-0.05, 0) is 6.92 Å². The molecule has 12 heteroatoms. The molecule has 1 saturated heterocycles. The third kappa shape index (κ3) is 8.25. The highest BCUT2D eigenvalue weighted by molar-refractivity contribution is 7.91. The van der Waals surface area contributed by atoms with E-state index in [1.54, 1.807) is 11.6 Å². The highest BCUT2D eigenvalue weighted by Crippen LogP contribution is 2.06. The molecule has 0 bridgehead atoms. The van der Waals surface area contributed by atoms with Crippen molar-refractivity contribution in [1.82, 2.24) is 25.2 Å². The van der Waals surface area contributed by atoms with Gasteiger partial charge in [0, 0.05) is 37.3 Å². The Morgan fingerprint density at radius 1 is 1.21 bits per heavy atom. The molecule has 0 unspecified atom stereocenters. The average molecular weight is 427 g/mol. The fourth-order valence-corrected chi connectivity index (χ4v) is 4.01. The molecule has 1 aromatic heterocycles. The molecular weight excluding hydrogens is 397 g/mol. The number of hydrogen-bond acceptors (Lipinski definition) is 8. The van der Waals surface area contributed by atoms with Crippen molar-refractivity contribution in [3.05, 3.63) is 17.8 Å². The summed E-state index contributed by atoms with van der Waals surface area (Å²) in [5, 5.41) is 11.1. The van der Waals surface area contributed by atoms with E-state index in [1.807, 2.05) is 7.85 Å². The third-order valence-corrected chi connectivity index (χ3v) is 6.24. The SMILES string of the molecule is Bc1c(CN2CCS(=O)(=O)CC2)nnn1CCOCCOCCNC(=O)C(=C)C. The summed E-state index contributed by atoms with van der Waals surface area (Å²) in [7, 11) is -0.920. The lowest BCUT2D eigenvalue weighted by Gasteiger charge is -2.25. The van der Waals surface area contributed by atoms with Gasteiger partial charge >= 0.3 is 0 Å². The van der Waals surface area contributed by atoms with Crippen LogP contribution in [-0.4, -0.2) is 99.6 Å². The van der Waals surface area contributed by atoms with Gasteiger partial charge in [-0.25, -0.2) is 8.42 Å². The van der Waals surface area contributed by atoms with Crippen LogP contribution in [0.5, 0.6) is 0 Å². The topological polar surface area (TPSA) is 116 Å². The number of nitrogens with one attached hydrogen (secondary N) is 1. The second-order valence-corrected chi connectivity index (χ2v) is 9.34. The molecule has 1 amide bonds. The molecular formula is C17H30BN5O5S. The first-order chi connectivity index (χ1) is 13.8. The standard InChI is InChI=1S/C17H30BN5O5S/c1-14(2)17(24)19-3-7-27-9-10-28-8-4-23-16(18)15(20-21-23)13-22-5-11-29(25,26)12-6-22/h1,3-13,18H2,2H3,(H,19,24). The largest absolute Gasteiger partial charge is 0.377 e. The molecule has 1 aliphatic heterocycles.